The average molecular weight is 562 g/mol. The third-order valence-electron chi connectivity index (χ3n) is 7.68. The van der Waals surface area contributed by atoms with Crippen LogP contribution >= 0.6 is 12.2 Å². The van der Waals surface area contributed by atoms with Crippen LogP contribution in [0.2, 0.25) is 0 Å². The minimum atomic E-state index is -0.208. The quantitative estimate of drug-likeness (QED) is 0.282. The van der Waals surface area contributed by atoms with Crippen LogP contribution in [0.1, 0.15) is 32.3 Å². The van der Waals surface area contributed by atoms with Gasteiger partial charge in [-0.3, -0.25) is 0 Å². The van der Waals surface area contributed by atoms with Gasteiger partial charge in [0.15, 0.2) is 5.11 Å². The second-order valence-corrected chi connectivity index (χ2v) is 11.6. The van der Waals surface area contributed by atoms with Gasteiger partial charge in [0.25, 0.3) is 0 Å². The van der Waals surface area contributed by atoms with E-state index < -0.39 is 0 Å². The maximum absolute atomic E-state index is 13.2. The second kappa shape index (κ2) is 13.3. The van der Waals surface area contributed by atoms with E-state index in [0.717, 1.165) is 69.3 Å². The van der Waals surface area contributed by atoms with Gasteiger partial charge < -0.3 is 25.3 Å². The van der Waals surface area contributed by atoms with E-state index in [4.69, 9.17) is 22.2 Å². The predicted octanol–water partition coefficient (Wildman–Crippen LogP) is 5.34. The molecule has 3 aromatic rings. The molecule has 2 saturated heterocycles. The summed E-state index contributed by atoms with van der Waals surface area (Å²) in [6.07, 6.45) is 2.98. The van der Waals surface area contributed by atoms with Crippen LogP contribution in [0.25, 0.3) is 0 Å². The number of benzene rings is 2. The predicted molar refractivity (Wildman–Crippen MR) is 167 cm³/mol. The van der Waals surface area contributed by atoms with Crippen LogP contribution in [0.15, 0.2) is 60.7 Å². The minimum absolute atomic E-state index is 0.208. The summed E-state index contributed by atoms with van der Waals surface area (Å²) in [7, 11) is 0. The fourth-order valence-corrected chi connectivity index (χ4v) is 5.97. The highest BCUT2D eigenvalue weighted by molar-refractivity contribution is 7.80. The monoisotopic (exact) mass is 561 g/mol. The summed E-state index contributed by atoms with van der Waals surface area (Å²) in [5.41, 5.74) is 2.38. The van der Waals surface area contributed by atoms with Crippen LogP contribution in [0.5, 0.6) is 0 Å². The molecule has 0 bridgehead atoms. The first-order valence-corrected chi connectivity index (χ1v) is 14.8. The highest BCUT2D eigenvalue weighted by atomic mass is 32.1. The van der Waals surface area contributed by atoms with Crippen molar-refractivity contribution in [2.75, 3.05) is 65.8 Å². The number of aromatic nitrogens is 2. The summed E-state index contributed by atoms with van der Waals surface area (Å²) in [6, 6.07) is 19.4. The smallest absolute Gasteiger partial charge is 0.232 e. The number of hydrogen-bond acceptors (Lipinski definition) is 6. The Labute approximate surface area is 242 Å². The Bertz CT molecular complexity index is 1240. The molecule has 1 aromatic heterocycles. The van der Waals surface area contributed by atoms with Crippen LogP contribution in [0.3, 0.4) is 0 Å². The van der Waals surface area contributed by atoms with Gasteiger partial charge in [-0.1, -0.05) is 44.2 Å². The van der Waals surface area contributed by atoms with Gasteiger partial charge >= 0.3 is 0 Å². The zero-order chi connectivity index (χ0) is 27.9. The number of aryl methyl sites for hydroxylation is 1. The fraction of sp³-hybridized carbons (Fsp3) is 0.452. The average Bonchev–Trinajstić information content (AvgIpc) is 2.96. The molecule has 2 aromatic carbocycles. The number of nitrogens with one attached hydrogen (secondary N) is 2. The summed E-state index contributed by atoms with van der Waals surface area (Å²) >= 11 is 5.60. The maximum Gasteiger partial charge on any atom is 0.232 e. The Morgan fingerprint density at radius 3 is 2.17 bits per heavy atom. The summed E-state index contributed by atoms with van der Waals surface area (Å²) in [4.78, 5) is 17.0. The van der Waals surface area contributed by atoms with E-state index in [1.807, 2.05) is 12.1 Å². The van der Waals surface area contributed by atoms with E-state index in [2.05, 4.69) is 75.6 Å². The number of para-hydroxylation sites is 1. The molecule has 3 heterocycles. The van der Waals surface area contributed by atoms with E-state index in [0.29, 0.717) is 29.4 Å². The van der Waals surface area contributed by atoms with Crippen LogP contribution in [-0.2, 0) is 6.42 Å². The number of piperidine rings is 1. The third-order valence-corrected chi connectivity index (χ3v) is 7.93. The zero-order valence-electron chi connectivity index (χ0n) is 23.5. The molecule has 0 saturated carbocycles. The number of anilines is 4. The molecule has 2 aliphatic rings. The van der Waals surface area contributed by atoms with Crippen molar-refractivity contribution in [3.63, 3.8) is 0 Å². The fourth-order valence-electron chi connectivity index (χ4n) is 5.78. The number of hydrogen-bond donors (Lipinski definition) is 2. The molecule has 2 atom stereocenters. The van der Waals surface area contributed by atoms with Crippen molar-refractivity contribution >= 4 is 40.6 Å². The Kier molecular flexibility index (Phi) is 9.31. The van der Waals surface area contributed by atoms with Gasteiger partial charge in [0, 0.05) is 57.6 Å². The van der Waals surface area contributed by atoms with Gasteiger partial charge in [0.2, 0.25) is 5.95 Å². The highest BCUT2D eigenvalue weighted by Crippen LogP contribution is 2.29. The van der Waals surface area contributed by atoms with Crippen molar-refractivity contribution in [2.45, 2.75) is 33.1 Å². The number of nitrogens with zero attached hydrogens (tertiary/aromatic N) is 5. The Balaban J connectivity index is 1.24. The van der Waals surface area contributed by atoms with Gasteiger partial charge in [-0.15, -0.1) is 0 Å². The van der Waals surface area contributed by atoms with E-state index in [-0.39, 0.29) is 5.82 Å². The van der Waals surface area contributed by atoms with Crippen molar-refractivity contribution in [3.8, 4) is 0 Å². The lowest BCUT2D eigenvalue weighted by Gasteiger charge is -2.38. The molecule has 2 aliphatic heterocycles. The standard InChI is InChI=1S/C31H40FN7S/c1-23-19-24(2)22-39(21-23)29-20-28(38-17-15-37(16-18-38)27-8-4-3-5-9-27)34-30(35-29)36-31(40)33-14-6-7-25-10-12-26(32)13-11-25/h3-5,8-13,20,23-24H,6-7,14-19,21-22H2,1-2H3,(H2,33,34,35,36,40)/t23-,24-/m0/s1. The number of thiocarbonyl (C=S) groups is 1. The molecular weight excluding hydrogens is 521 g/mol. The molecule has 0 amide bonds. The summed E-state index contributed by atoms with van der Waals surface area (Å²) in [6.45, 7) is 11.0. The zero-order valence-corrected chi connectivity index (χ0v) is 24.3. The normalized spacial score (nSPS) is 19.4. The molecule has 0 unspecified atom stereocenters. The summed E-state index contributed by atoms with van der Waals surface area (Å²) in [5.74, 6) is 3.45. The van der Waals surface area contributed by atoms with E-state index in [9.17, 15) is 4.39 Å². The Morgan fingerprint density at radius 1 is 0.875 bits per heavy atom. The minimum Gasteiger partial charge on any atom is -0.368 e. The van der Waals surface area contributed by atoms with Crippen molar-refractivity contribution in [3.05, 3.63) is 72.0 Å². The number of piperazine rings is 1. The van der Waals surface area contributed by atoms with Gasteiger partial charge in [-0.2, -0.15) is 9.97 Å². The lowest BCUT2D eigenvalue weighted by molar-refractivity contribution is 0.355. The van der Waals surface area contributed by atoms with Crippen LogP contribution in [0.4, 0.5) is 27.7 Å². The van der Waals surface area contributed by atoms with Gasteiger partial charge in [-0.05, 0) is 73.1 Å². The van der Waals surface area contributed by atoms with Gasteiger partial charge in [-0.25, -0.2) is 4.39 Å². The first kappa shape index (κ1) is 28.1. The van der Waals surface area contributed by atoms with Crippen LogP contribution in [0, 0.1) is 17.7 Å². The molecule has 40 heavy (non-hydrogen) atoms. The van der Waals surface area contributed by atoms with Gasteiger partial charge in [0.05, 0.1) is 0 Å². The van der Waals surface area contributed by atoms with E-state index >= 15 is 0 Å². The van der Waals surface area contributed by atoms with Crippen molar-refractivity contribution in [1.29, 1.82) is 0 Å². The Morgan fingerprint density at radius 2 is 1.50 bits per heavy atom. The molecule has 212 valence electrons. The van der Waals surface area contributed by atoms with Crippen molar-refractivity contribution in [2.24, 2.45) is 11.8 Å². The SMILES string of the molecule is C[C@H]1C[C@H](C)CN(c2cc(N3CCN(c4ccccc4)CC3)nc(NC(=S)NCCCc3ccc(F)cc3)n2)C1. The molecule has 2 fully saturated rings. The summed E-state index contributed by atoms with van der Waals surface area (Å²) in [5, 5.41) is 7.04. The molecule has 5 rings (SSSR count). The van der Waals surface area contributed by atoms with Crippen molar-refractivity contribution in [1.82, 2.24) is 15.3 Å². The first-order valence-electron chi connectivity index (χ1n) is 14.4. The largest absolute Gasteiger partial charge is 0.368 e. The number of rotatable bonds is 8. The van der Waals surface area contributed by atoms with E-state index in [1.165, 1.54) is 24.2 Å². The molecular formula is C31H40FN7S. The second-order valence-electron chi connectivity index (χ2n) is 11.2. The summed E-state index contributed by atoms with van der Waals surface area (Å²) < 4.78 is 13.2. The molecule has 0 spiro atoms. The number of halogens is 1. The molecule has 0 radical (unpaired) electrons. The van der Waals surface area contributed by atoms with Crippen LogP contribution < -0.4 is 25.3 Å². The van der Waals surface area contributed by atoms with Gasteiger partial charge in [0.1, 0.15) is 17.5 Å². The lowest BCUT2D eigenvalue weighted by atomic mass is 9.92. The van der Waals surface area contributed by atoms with Crippen molar-refractivity contribution < 1.29 is 4.39 Å². The lowest BCUT2D eigenvalue weighted by Crippen LogP contribution is -2.47. The topological polar surface area (TPSA) is 59.6 Å². The first-order chi connectivity index (χ1) is 19.4. The Hall–Kier alpha value is -3.46. The van der Waals surface area contributed by atoms with Crippen LogP contribution in [-0.4, -0.2) is 60.9 Å². The molecule has 2 N–H and O–H groups in total. The molecule has 7 nitrogen and oxygen atoms in total. The molecule has 9 heteroatoms. The third kappa shape index (κ3) is 7.59. The maximum atomic E-state index is 13.2. The highest BCUT2D eigenvalue weighted by Gasteiger charge is 2.25. The van der Waals surface area contributed by atoms with E-state index in [1.54, 1.807) is 0 Å². The molecule has 0 aliphatic carbocycles.